The molecule has 33 heavy (non-hydrogen) atoms. The highest BCUT2D eigenvalue weighted by Gasteiger charge is 2.21. The first kappa shape index (κ1) is 22.5. The van der Waals surface area contributed by atoms with E-state index in [9.17, 15) is 14.0 Å². The highest BCUT2D eigenvalue weighted by Crippen LogP contribution is 2.26. The number of para-hydroxylation sites is 1. The zero-order valence-corrected chi connectivity index (χ0v) is 19.1. The van der Waals surface area contributed by atoms with E-state index >= 15 is 0 Å². The van der Waals surface area contributed by atoms with Crippen molar-refractivity contribution in [3.05, 3.63) is 93.2 Å². The third-order valence-electron chi connectivity index (χ3n) is 5.98. The number of aryl methyl sites for hydroxylation is 3. The number of rotatable bonds is 7. The van der Waals surface area contributed by atoms with Gasteiger partial charge in [0.2, 0.25) is 5.91 Å². The number of carbonyl (C=O) groups excluding carboxylic acids is 1. The molecule has 0 fully saturated rings. The Balaban J connectivity index is 1.64. The quantitative estimate of drug-likeness (QED) is 0.462. The Morgan fingerprint density at radius 3 is 2.45 bits per heavy atom. The van der Waals surface area contributed by atoms with Crippen molar-refractivity contribution in [2.45, 2.75) is 46.7 Å². The van der Waals surface area contributed by atoms with Crippen LogP contribution in [0.1, 0.15) is 35.7 Å². The fourth-order valence-corrected chi connectivity index (χ4v) is 4.27. The lowest BCUT2D eigenvalue weighted by atomic mass is 10.0. The summed E-state index contributed by atoms with van der Waals surface area (Å²) in [7, 11) is 0. The molecule has 0 aliphatic carbocycles. The van der Waals surface area contributed by atoms with Crippen LogP contribution in [0.3, 0.4) is 0 Å². The zero-order valence-electron chi connectivity index (χ0n) is 19.1. The van der Waals surface area contributed by atoms with Gasteiger partial charge in [-0.15, -0.1) is 0 Å². The van der Waals surface area contributed by atoms with E-state index in [2.05, 4.69) is 5.32 Å². The molecule has 4 rings (SSSR count). The van der Waals surface area contributed by atoms with Gasteiger partial charge in [0.15, 0.2) is 0 Å². The minimum Gasteiger partial charge on any atom is -0.352 e. The predicted molar refractivity (Wildman–Crippen MR) is 127 cm³/mol. The normalized spacial score (nSPS) is 11.2. The van der Waals surface area contributed by atoms with Crippen LogP contribution in [0.15, 0.2) is 59.4 Å². The monoisotopic (exact) mass is 446 g/mol. The van der Waals surface area contributed by atoms with Gasteiger partial charge in [0.25, 0.3) is 5.56 Å². The molecule has 7 heteroatoms. The minimum absolute atomic E-state index is 0.110. The maximum absolute atomic E-state index is 13.8. The summed E-state index contributed by atoms with van der Waals surface area (Å²) in [6.45, 7) is 6.38. The van der Waals surface area contributed by atoms with Gasteiger partial charge in [0.1, 0.15) is 11.5 Å². The van der Waals surface area contributed by atoms with Gasteiger partial charge in [-0.2, -0.15) is 5.10 Å². The summed E-state index contributed by atoms with van der Waals surface area (Å²) in [5, 5.41) is 8.40. The maximum atomic E-state index is 13.8. The van der Waals surface area contributed by atoms with Crippen molar-refractivity contribution in [1.29, 1.82) is 0 Å². The summed E-state index contributed by atoms with van der Waals surface area (Å²) in [5.74, 6) is -0.576. The van der Waals surface area contributed by atoms with Crippen LogP contribution in [-0.2, 0) is 24.3 Å². The van der Waals surface area contributed by atoms with E-state index in [0.29, 0.717) is 24.1 Å². The molecule has 1 amide bonds. The molecule has 0 radical (unpaired) electrons. The Hall–Kier alpha value is -3.74. The second kappa shape index (κ2) is 9.40. The van der Waals surface area contributed by atoms with Gasteiger partial charge in [-0.25, -0.2) is 9.07 Å². The van der Waals surface area contributed by atoms with E-state index in [4.69, 9.17) is 5.10 Å². The average Bonchev–Trinajstić information content (AvgIpc) is 3.16. The number of hydrogen-bond donors (Lipinski definition) is 1. The lowest BCUT2D eigenvalue weighted by Gasteiger charge is -2.14. The fourth-order valence-electron chi connectivity index (χ4n) is 4.27. The van der Waals surface area contributed by atoms with Crippen LogP contribution in [0, 0.1) is 19.7 Å². The van der Waals surface area contributed by atoms with Gasteiger partial charge in [0, 0.05) is 36.0 Å². The van der Waals surface area contributed by atoms with E-state index < -0.39 is 0 Å². The molecular formula is C26H27FN4O2. The van der Waals surface area contributed by atoms with Crippen molar-refractivity contribution in [3.63, 3.8) is 0 Å². The zero-order chi connectivity index (χ0) is 23.5. The van der Waals surface area contributed by atoms with Crippen molar-refractivity contribution in [2.75, 3.05) is 0 Å². The van der Waals surface area contributed by atoms with Gasteiger partial charge >= 0.3 is 0 Å². The number of benzene rings is 2. The molecule has 2 aromatic heterocycles. The maximum Gasteiger partial charge on any atom is 0.255 e. The molecule has 4 aromatic rings. The molecule has 1 N–H and O–H groups in total. The van der Waals surface area contributed by atoms with E-state index in [-0.39, 0.29) is 30.2 Å². The third-order valence-corrected chi connectivity index (χ3v) is 5.98. The van der Waals surface area contributed by atoms with Crippen LogP contribution in [0.25, 0.3) is 16.7 Å². The Morgan fingerprint density at radius 2 is 1.76 bits per heavy atom. The summed E-state index contributed by atoms with van der Waals surface area (Å²) in [6.07, 6.45) is 0.450. The van der Waals surface area contributed by atoms with Crippen LogP contribution in [0.4, 0.5) is 4.39 Å². The van der Waals surface area contributed by atoms with E-state index in [1.165, 1.54) is 6.07 Å². The lowest BCUT2D eigenvalue weighted by Crippen LogP contribution is -2.28. The average molecular weight is 447 g/mol. The summed E-state index contributed by atoms with van der Waals surface area (Å²) in [5.41, 5.74) is 4.26. The molecule has 0 saturated carbocycles. The minimum atomic E-state index is -0.351. The smallest absolute Gasteiger partial charge is 0.255 e. The highest BCUT2D eigenvalue weighted by molar-refractivity contribution is 5.85. The largest absolute Gasteiger partial charge is 0.352 e. The van der Waals surface area contributed by atoms with Gasteiger partial charge in [-0.1, -0.05) is 36.4 Å². The number of nitrogens with one attached hydrogen (secondary N) is 1. The molecule has 0 spiro atoms. The molecule has 0 aliphatic heterocycles. The van der Waals surface area contributed by atoms with Crippen LogP contribution < -0.4 is 10.9 Å². The number of hydrogen-bond acceptors (Lipinski definition) is 3. The number of nitrogens with zero attached hydrogens (tertiary/aromatic N) is 3. The molecule has 6 nitrogen and oxygen atoms in total. The topological polar surface area (TPSA) is 68.9 Å². The second-order valence-electron chi connectivity index (χ2n) is 8.05. The number of fused-ring (bicyclic) bond motifs is 1. The van der Waals surface area contributed by atoms with Gasteiger partial charge in [0.05, 0.1) is 11.4 Å². The molecule has 0 saturated heterocycles. The van der Waals surface area contributed by atoms with Gasteiger partial charge in [-0.3, -0.25) is 14.2 Å². The Morgan fingerprint density at radius 1 is 1.06 bits per heavy atom. The molecule has 0 bridgehead atoms. The molecule has 2 heterocycles. The van der Waals surface area contributed by atoms with Crippen LogP contribution in [0.2, 0.25) is 0 Å². The molecule has 170 valence electrons. The summed E-state index contributed by atoms with van der Waals surface area (Å²) < 4.78 is 17.3. The molecule has 0 unspecified atom stereocenters. The van der Waals surface area contributed by atoms with Gasteiger partial charge < -0.3 is 5.32 Å². The first-order valence-electron chi connectivity index (χ1n) is 11.1. The van der Waals surface area contributed by atoms with Crippen LogP contribution >= 0.6 is 0 Å². The standard InChI is InChI=1S/C26H27FN4O2/c1-4-30-25-24(18(3)29-31(25)20-11-6-5-7-12-20)17(2)21(26(30)33)14-15-23(32)28-16-19-10-8-9-13-22(19)27/h5-13H,4,14-16H2,1-3H3,(H,28,32). The molecular weight excluding hydrogens is 419 g/mol. The number of amides is 1. The highest BCUT2D eigenvalue weighted by atomic mass is 19.1. The Bertz CT molecular complexity index is 1370. The first-order valence-corrected chi connectivity index (χ1v) is 11.1. The Labute approximate surface area is 191 Å². The van der Waals surface area contributed by atoms with Crippen molar-refractivity contribution >= 4 is 16.9 Å². The summed E-state index contributed by atoms with van der Waals surface area (Å²) in [6, 6.07) is 16.1. The first-order chi connectivity index (χ1) is 15.9. The van der Waals surface area contributed by atoms with Crippen molar-refractivity contribution in [3.8, 4) is 5.69 Å². The van der Waals surface area contributed by atoms with E-state index in [1.807, 2.05) is 55.8 Å². The number of pyridine rings is 1. The van der Waals surface area contributed by atoms with Crippen molar-refractivity contribution in [2.24, 2.45) is 0 Å². The molecule has 2 aromatic carbocycles. The molecule has 0 aliphatic rings. The van der Waals surface area contributed by atoms with E-state index in [1.54, 1.807) is 22.8 Å². The van der Waals surface area contributed by atoms with Gasteiger partial charge in [-0.05, 0) is 51.0 Å². The number of aromatic nitrogens is 3. The lowest BCUT2D eigenvalue weighted by molar-refractivity contribution is -0.121. The predicted octanol–water partition coefficient (Wildman–Crippen LogP) is 4.21. The number of carbonyl (C=O) groups is 1. The summed E-state index contributed by atoms with van der Waals surface area (Å²) >= 11 is 0. The van der Waals surface area contributed by atoms with Crippen molar-refractivity contribution in [1.82, 2.24) is 19.7 Å². The Kier molecular flexibility index (Phi) is 6.40. The number of halogens is 1. The second-order valence-corrected chi connectivity index (χ2v) is 8.05. The SMILES string of the molecule is CCn1c(=O)c(CCC(=O)NCc2ccccc2F)c(C)c2c(C)nn(-c3ccccc3)c21. The van der Waals surface area contributed by atoms with Crippen molar-refractivity contribution < 1.29 is 9.18 Å². The third kappa shape index (κ3) is 4.31. The van der Waals surface area contributed by atoms with E-state index in [0.717, 1.165) is 28.0 Å². The fraction of sp³-hybridized carbons (Fsp3) is 0.269. The molecule has 0 atom stereocenters. The van der Waals surface area contributed by atoms with Crippen LogP contribution in [-0.4, -0.2) is 20.3 Å². The summed E-state index contributed by atoms with van der Waals surface area (Å²) in [4.78, 5) is 25.8. The van der Waals surface area contributed by atoms with Crippen LogP contribution in [0.5, 0.6) is 0 Å².